The lowest BCUT2D eigenvalue weighted by Gasteiger charge is -2.08. The minimum absolute atomic E-state index is 0.000842. The first-order chi connectivity index (χ1) is 8.66. The molecule has 0 aliphatic rings. The standard InChI is InChI=1S/C13H17N3OS/c1-9(14)11-3-5-15-13(7-11)17-6-4-12-10(2)16-8-18-12/h3,5,7-9H,4,6,14H2,1-2H3/t9-/m1/s1. The Morgan fingerprint density at radius 2 is 2.28 bits per heavy atom. The quantitative estimate of drug-likeness (QED) is 0.900. The molecule has 0 aliphatic carbocycles. The molecule has 0 saturated carbocycles. The Hall–Kier alpha value is -1.46. The fourth-order valence-electron chi connectivity index (χ4n) is 1.60. The SMILES string of the molecule is Cc1ncsc1CCOc1cc([C@@H](C)N)ccn1. The van der Waals surface area contributed by atoms with Gasteiger partial charge in [-0.3, -0.25) is 0 Å². The Kier molecular flexibility index (Phi) is 4.28. The third-order valence-corrected chi connectivity index (χ3v) is 3.70. The van der Waals surface area contributed by atoms with Crippen molar-refractivity contribution in [3.8, 4) is 5.88 Å². The third kappa shape index (κ3) is 3.27. The summed E-state index contributed by atoms with van der Waals surface area (Å²) in [6, 6.07) is 3.80. The van der Waals surface area contributed by atoms with Crippen molar-refractivity contribution in [2.24, 2.45) is 5.73 Å². The summed E-state index contributed by atoms with van der Waals surface area (Å²) >= 11 is 1.66. The van der Waals surface area contributed by atoms with E-state index >= 15 is 0 Å². The Labute approximate surface area is 111 Å². The summed E-state index contributed by atoms with van der Waals surface area (Å²) in [6.45, 7) is 4.57. The van der Waals surface area contributed by atoms with Gasteiger partial charge in [-0.05, 0) is 25.5 Å². The highest BCUT2D eigenvalue weighted by Crippen LogP contribution is 2.16. The summed E-state index contributed by atoms with van der Waals surface area (Å²) in [7, 11) is 0. The van der Waals surface area contributed by atoms with E-state index in [9.17, 15) is 0 Å². The molecular formula is C13H17N3OS. The molecule has 2 heterocycles. The Balaban J connectivity index is 1.90. The smallest absolute Gasteiger partial charge is 0.213 e. The van der Waals surface area contributed by atoms with Crippen molar-refractivity contribution in [2.45, 2.75) is 26.3 Å². The summed E-state index contributed by atoms with van der Waals surface area (Å²) in [6.07, 6.45) is 2.59. The molecule has 4 nitrogen and oxygen atoms in total. The third-order valence-electron chi connectivity index (χ3n) is 2.71. The van der Waals surface area contributed by atoms with Gasteiger partial charge >= 0.3 is 0 Å². The number of pyridine rings is 1. The van der Waals surface area contributed by atoms with Gasteiger partial charge in [0, 0.05) is 29.6 Å². The van der Waals surface area contributed by atoms with Gasteiger partial charge in [0.15, 0.2) is 0 Å². The normalized spacial score (nSPS) is 12.4. The van der Waals surface area contributed by atoms with E-state index in [1.54, 1.807) is 17.5 Å². The van der Waals surface area contributed by atoms with Crippen molar-refractivity contribution < 1.29 is 4.74 Å². The van der Waals surface area contributed by atoms with Gasteiger partial charge in [0.25, 0.3) is 0 Å². The number of hydrogen-bond donors (Lipinski definition) is 1. The van der Waals surface area contributed by atoms with Crippen LogP contribution in [0.1, 0.15) is 29.1 Å². The number of aryl methyl sites for hydroxylation is 1. The lowest BCUT2D eigenvalue weighted by atomic mass is 10.1. The zero-order valence-electron chi connectivity index (χ0n) is 10.6. The van der Waals surface area contributed by atoms with E-state index < -0.39 is 0 Å². The number of nitrogens with zero attached hydrogens (tertiary/aromatic N) is 2. The molecule has 0 aliphatic heterocycles. The molecule has 0 bridgehead atoms. The van der Waals surface area contributed by atoms with E-state index in [1.165, 1.54) is 4.88 Å². The number of nitrogens with two attached hydrogens (primary N) is 1. The maximum Gasteiger partial charge on any atom is 0.213 e. The molecule has 0 spiro atoms. The Morgan fingerprint density at radius 1 is 1.44 bits per heavy atom. The molecule has 5 heteroatoms. The van der Waals surface area contributed by atoms with Crippen molar-refractivity contribution in [3.63, 3.8) is 0 Å². The number of hydrogen-bond acceptors (Lipinski definition) is 5. The fourth-order valence-corrected chi connectivity index (χ4v) is 2.36. The molecule has 0 fully saturated rings. The van der Waals surface area contributed by atoms with Gasteiger partial charge in [0.2, 0.25) is 5.88 Å². The van der Waals surface area contributed by atoms with E-state index in [0.717, 1.165) is 17.7 Å². The number of ether oxygens (including phenoxy) is 1. The molecule has 1 atom stereocenters. The fraction of sp³-hybridized carbons (Fsp3) is 0.385. The van der Waals surface area contributed by atoms with Crippen LogP contribution in [0.25, 0.3) is 0 Å². The van der Waals surface area contributed by atoms with Gasteiger partial charge in [-0.2, -0.15) is 0 Å². The average molecular weight is 263 g/mol. The van der Waals surface area contributed by atoms with Gasteiger partial charge in [-0.1, -0.05) is 0 Å². The lowest BCUT2D eigenvalue weighted by molar-refractivity contribution is 0.309. The van der Waals surface area contributed by atoms with Crippen LogP contribution < -0.4 is 10.5 Å². The summed E-state index contributed by atoms with van der Waals surface area (Å²) in [4.78, 5) is 9.65. The maximum atomic E-state index is 5.82. The summed E-state index contributed by atoms with van der Waals surface area (Å²) < 4.78 is 5.64. The number of aromatic nitrogens is 2. The summed E-state index contributed by atoms with van der Waals surface area (Å²) in [5, 5.41) is 0. The maximum absolute atomic E-state index is 5.82. The largest absolute Gasteiger partial charge is 0.477 e. The van der Waals surface area contributed by atoms with Crippen LogP contribution in [-0.4, -0.2) is 16.6 Å². The molecule has 2 aromatic rings. The summed E-state index contributed by atoms with van der Waals surface area (Å²) in [5.41, 5.74) is 9.80. The number of thiazole rings is 1. The van der Waals surface area contributed by atoms with Crippen molar-refractivity contribution in [3.05, 3.63) is 40.0 Å². The van der Waals surface area contributed by atoms with E-state index in [4.69, 9.17) is 10.5 Å². The lowest BCUT2D eigenvalue weighted by Crippen LogP contribution is -2.07. The zero-order valence-corrected chi connectivity index (χ0v) is 11.4. The zero-order chi connectivity index (χ0) is 13.0. The molecular weight excluding hydrogens is 246 g/mol. The van der Waals surface area contributed by atoms with Crippen LogP contribution in [0.4, 0.5) is 0 Å². The predicted molar refractivity (Wildman–Crippen MR) is 72.9 cm³/mol. The van der Waals surface area contributed by atoms with E-state index in [0.29, 0.717) is 12.5 Å². The van der Waals surface area contributed by atoms with Gasteiger partial charge in [-0.25, -0.2) is 9.97 Å². The van der Waals surface area contributed by atoms with Gasteiger partial charge in [0.1, 0.15) is 0 Å². The highest BCUT2D eigenvalue weighted by Gasteiger charge is 2.04. The van der Waals surface area contributed by atoms with E-state index in [2.05, 4.69) is 9.97 Å². The molecule has 2 rings (SSSR count). The minimum atomic E-state index is -0.000842. The van der Waals surface area contributed by atoms with E-state index in [-0.39, 0.29) is 6.04 Å². The van der Waals surface area contributed by atoms with Gasteiger partial charge < -0.3 is 10.5 Å². The second-order valence-corrected chi connectivity index (χ2v) is 5.11. The molecule has 0 aromatic carbocycles. The van der Waals surface area contributed by atoms with Crippen LogP contribution in [0, 0.1) is 6.92 Å². The first kappa shape index (κ1) is 13.0. The van der Waals surface area contributed by atoms with Crippen LogP contribution in [-0.2, 0) is 6.42 Å². The Morgan fingerprint density at radius 3 is 2.94 bits per heavy atom. The molecule has 0 amide bonds. The predicted octanol–water partition coefficient (Wildman–Crippen LogP) is 2.49. The number of rotatable bonds is 5. The van der Waals surface area contributed by atoms with Gasteiger partial charge in [-0.15, -0.1) is 11.3 Å². The molecule has 0 unspecified atom stereocenters. The van der Waals surface area contributed by atoms with E-state index in [1.807, 2.05) is 31.5 Å². The summed E-state index contributed by atoms with van der Waals surface area (Å²) in [5.74, 6) is 0.631. The molecule has 2 N–H and O–H groups in total. The van der Waals surface area contributed by atoms with Crippen LogP contribution in [0.3, 0.4) is 0 Å². The molecule has 2 aromatic heterocycles. The molecule has 0 saturated heterocycles. The first-order valence-corrected chi connectivity index (χ1v) is 6.78. The van der Waals surface area contributed by atoms with Crippen molar-refractivity contribution >= 4 is 11.3 Å². The minimum Gasteiger partial charge on any atom is -0.477 e. The van der Waals surface area contributed by atoms with Crippen molar-refractivity contribution in [1.29, 1.82) is 0 Å². The molecule has 96 valence electrons. The monoisotopic (exact) mass is 263 g/mol. The molecule has 0 radical (unpaired) electrons. The Bertz CT molecular complexity index is 510. The van der Waals surface area contributed by atoms with Crippen molar-refractivity contribution in [1.82, 2.24) is 9.97 Å². The second-order valence-electron chi connectivity index (χ2n) is 4.18. The highest BCUT2D eigenvalue weighted by molar-refractivity contribution is 7.09. The second kappa shape index (κ2) is 5.93. The van der Waals surface area contributed by atoms with Crippen LogP contribution in [0.5, 0.6) is 5.88 Å². The van der Waals surface area contributed by atoms with Crippen LogP contribution in [0.2, 0.25) is 0 Å². The van der Waals surface area contributed by atoms with Crippen LogP contribution in [0.15, 0.2) is 23.8 Å². The molecule has 18 heavy (non-hydrogen) atoms. The van der Waals surface area contributed by atoms with Gasteiger partial charge in [0.05, 0.1) is 17.8 Å². The van der Waals surface area contributed by atoms with Crippen LogP contribution >= 0.6 is 11.3 Å². The highest BCUT2D eigenvalue weighted by atomic mass is 32.1. The topological polar surface area (TPSA) is 61.0 Å². The first-order valence-electron chi connectivity index (χ1n) is 5.90. The van der Waals surface area contributed by atoms with Crippen molar-refractivity contribution in [2.75, 3.05) is 6.61 Å². The average Bonchev–Trinajstić information content (AvgIpc) is 2.76.